The number of carbonyl (C=O) groups is 1. The molecule has 6 nitrogen and oxygen atoms in total. The number of aromatic nitrogens is 3. The van der Waals surface area contributed by atoms with Crippen molar-refractivity contribution >= 4 is 5.91 Å². The molecule has 2 aliphatic rings. The fraction of sp³-hybridized carbons (Fsp3) is 0.524. The Bertz CT molecular complexity index is 843. The van der Waals surface area contributed by atoms with Gasteiger partial charge in [0.1, 0.15) is 5.82 Å². The Morgan fingerprint density at radius 3 is 2.78 bits per heavy atom. The molecule has 2 fully saturated rings. The van der Waals surface area contributed by atoms with Gasteiger partial charge >= 0.3 is 0 Å². The Kier molecular flexibility index (Phi) is 5.32. The van der Waals surface area contributed by atoms with Gasteiger partial charge in [0, 0.05) is 37.7 Å². The number of hydrogen-bond acceptors (Lipinski definition) is 4. The molecule has 0 radical (unpaired) electrons. The average molecular weight is 366 g/mol. The second-order valence-corrected chi connectivity index (χ2v) is 7.76. The molecule has 0 aromatic carbocycles. The van der Waals surface area contributed by atoms with Crippen molar-refractivity contribution in [2.75, 3.05) is 13.1 Å². The molecule has 1 atom stereocenters. The summed E-state index contributed by atoms with van der Waals surface area (Å²) in [6.45, 7) is 1.45. The summed E-state index contributed by atoms with van der Waals surface area (Å²) in [6.07, 6.45) is 9.12. The molecule has 0 bridgehead atoms. The fourth-order valence-corrected chi connectivity index (χ4v) is 4.33. The van der Waals surface area contributed by atoms with Crippen molar-refractivity contribution in [3.63, 3.8) is 0 Å². The van der Waals surface area contributed by atoms with Crippen molar-refractivity contribution < 1.29 is 4.79 Å². The lowest BCUT2D eigenvalue weighted by molar-refractivity contribution is -0.133. The zero-order valence-corrected chi connectivity index (χ0v) is 15.6. The molecule has 2 aromatic rings. The van der Waals surface area contributed by atoms with Gasteiger partial charge in [-0.1, -0.05) is 18.9 Å². The van der Waals surface area contributed by atoms with Gasteiger partial charge in [-0.15, -0.1) is 0 Å². The van der Waals surface area contributed by atoms with Crippen LogP contribution in [0.4, 0.5) is 0 Å². The molecule has 1 amide bonds. The number of hydrogen-bond donors (Lipinski definition) is 1. The Labute approximate surface area is 159 Å². The van der Waals surface area contributed by atoms with Crippen LogP contribution in [0, 0.1) is 5.92 Å². The minimum absolute atomic E-state index is 0.0719. The van der Waals surface area contributed by atoms with Gasteiger partial charge in [-0.05, 0) is 43.7 Å². The first-order valence-electron chi connectivity index (χ1n) is 9.99. The normalized spacial score (nSPS) is 20.7. The van der Waals surface area contributed by atoms with Gasteiger partial charge in [-0.2, -0.15) is 0 Å². The maximum absolute atomic E-state index is 12.7. The predicted octanol–water partition coefficient (Wildman–Crippen LogP) is 3.12. The Hall–Kier alpha value is -2.50. The smallest absolute Gasteiger partial charge is 0.251 e. The van der Waals surface area contributed by atoms with Crippen LogP contribution in [0.25, 0.3) is 11.4 Å². The van der Waals surface area contributed by atoms with E-state index in [1.54, 1.807) is 6.20 Å². The SMILES string of the molecule is O=C(CC1CCCC1)N1CCC[C@@H](c2nc(-c3ccccn3)cc(=O)[nH]2)C1. The van der Waals surface area contributed by atoms with E-state index >= 15 is 0 Å². The van der Waals surface area contributed by atoms with Gasteiger partial charge in [0.15, 0.2) is 0 Å². The van der Waals surface area contributed by atoms with E-state index in [1.165, 1.54) is 31.7 Å². The van der Waals surface area contributed by atoms with Crippen molar-refractivity contribution in [1.29, 1.82) is 0 Å². The first kappa shape index (κ1) is 17.9. The molecule has 1 aliphatic heterocycles. The maximum Gasteiger partial charge on any atom is 0.251 e. The van der Waals surface area contributed by atoms with Crippen LogP contribution in [0.2, 0.25) is 0 Å². The Morgan fingerprint density at radius 1 is 1.15 bits per heavy atom. The highest BCUT2D eigenvalue weighted by atomic mass is 16.2. The highest BCUT2D eigenvalue weighted by Crippen LogP contribution is 2.30. The van der Waals surface area contributed by atoms with Gasteiger partial charge in [-0.25, -0.2) is 4.98 Å². The number of likely N-dealkylation sites (tertiary alicyclic amines) is 1. The molecule has 1 N–H and O–H groups in total. The number of pyridine rings is 1. The number of H-pyrrole nitrogens is 1. The highest BCUT2D eigenvalue weighted by molar-refractivity contribution is 5.76. The second kappa shape index (κ2) is 8.03. The third-order valence-electron chi connectivity index (χ3n) is 5.79. The largest absolute Gasteiger partial charge is 0.342 e. The van der Waals surface area contributed by atoms with Crippen LogP contribution >= 0.6 is 0 Å². The summed E-state index contributed by atoms with van der Waals surface area (Å²) in [7, 11) is 0. The molecule has 142 valence electrons. The lowest BCUT2D eigenvalue weighted by Crippen LogP contribution is -2.40. The second-order valence-electron chi connectivity index (χ2n) is 7.76. The first-order valence-corrected chi connectivity index (χ1v) is 9.99. The highest BCUT2D eigenvalue weighted by Gasteiger charge is 2.28. The number of piperidine rings is 1. The lowest BCUT2D eigenvalue weighted by atomic mass is 9.95. The molecule has 1 saturated heterocycles. The fourth-order valence-electron chi connectivity index (χ4n) is 4.33. The molecule has 0 unspecified atom stereocenters. The number of nitrogens with zero attached hydrogens (tertiary/aromatic N) is 3. The van der Waals surface area contributed by atoms with Crippen molar-refractivity contribution in [3.05, 3.63) is 46.6 Å². The van der Waals surface area contributed by atoms with Crippen molar-refractivity contribution in [3.8, 4) is 11.4 Å². The van der Waals surface area contributed by atoms with Crippen molar-refractivity contribution in [1.82, 2.24) is 19.9 Å². The molecule has 0 spiro atoms. The number of aromatic amines is 1. The minimum Gasteiger partial charge on any atom is -0.342 e. The summed E-state index contributed by atoms with van der Waals surface area (Å²) in [5.41, 5.74) is 1.11. The molecule has 4 rings (SSSR count). The van der Waals surface area contributed by atoms with Crippen molar-refractivity contribution in [2.24, 2.45) is 5.92 Å². The standard InChI is InChI=1S/C21H26N4O2/c26-19-13-18(17-9-3-4-10-22-17)23-21(24-19)16-8-5-11-25(14-16)20(27)12-15-6-1-2-7-15/h3-4,9-10,13,15-16H,1-2,5-8,11-12,14H2,(H,23,24,26)/t16-/m1/s1. The lowest BCUT2D eigenvalue weighted by Gasteiger charge is -2.33. The molecule has 1 saturated carbocycles. The number of carbonyl (C=O) groups excluding carboxylic acids is 1. The van der Waals surface area contributed by atoms with Crippen LogP contribution in [0.1, 0.15) is 56.7 Å². The van der Waals surface area contributed by atoms with Gasteiger partial charge in [-0.3, -0.25) is 14.6 Å². The molecular formula is C21H26N4O2. The van der Waals surface area contributed by atoms with Gasteiger partial charge < -0.3 is 9.88 Å². The number of nitrogens with one attached hydrogen (secondary N) is 1. The van der Waals surface area contributed by atoms with E-state index in [4.69, 9.17) is 0 Å². The average Bonchev–Trinajstić information content (AvgIpc) is 3.21. The van der Waals surface area contributed by atoms with Crippen LogP contribution < -0.4 is 5.56 Å². The topological polar surface area (TPSA) is 79.0 Å². The number of rotatable bonds is 4. The van der Waals surface area contributed by atoms with E-state index in [1.807, 2.05) is 23.1 Å². The predicted molar refractivity (Wildman–Crippen MR) is 103 cm³/mol. The molecular weight excluding hydrogens is 340 g/mol. The molecule has 2 aromatic heterocycles. The summed E-state index contributed by atoms with van der Waals surface area (Å²) < 4.78 is 0. The van der Waals surface area contributed by atoms with Crippen LogP contribution in [-0.2, 0) is 4.79 Å². The summed E-state index contributed by atoms with van der Waals surface area (Å²) in [6, 6.07) is 7.06. The number of amides is 1. The van der Waals surface area contributed by atoms with E-state index in [9.17, 15) is 9.59 Å². The monoisotopic (exact) mass is 366 g/mol. The first-order chi connectivity index (χ1) is 13.2. The molecule has 3 heterocycles. The quantitative estimate of drug-likeness (QED) is 0.902. The van der Waals surface area contributed by atoms with E-state index in [2.05, 4.69) is 15.0 Å². The summed E-state index contributed by atoms with van der Waals surface area (Å²) in [5, 5.41) is 0. The molecule has 6 heteroatoms. The Balaban J connectivity index is 1.50. The van der Waals surface area contributed by atoms with Crippen LogP contribution in [-0.4, -0.2) is 38.8 Å². The van der Waals surface area contributed by atoms with E-state index < -0.39 is 0 Å². The summed E-state index contributed by atoms with van der Waals surface area (Å²) >= 11 is 0. The third kappa shape index (κ3) is 4.26. The summed E-state index contributed by atoms with van der Waals surface area (Å²) in [4.78, 5) is 38.7. The van der Waals surface area contributed by atoms with Crippen LogP contribution in [0.3, 0.4) is 0 Å². The van der Waals surface area contributed by atoms with Crippen LogP contribution in [0.5, 0.6) is 0 Å². The zero-order chi connectivity index (χ0) is 18.6. The van der Waals surface area contributed by atoms with E-state index in [-0.39, 0.29) is 17.4 Å². The zero-order valence-electron chi connectivity index (χ0n) is 15.6. The van der Waals surface area contributed by atoms with E-state index in [0.29, 0.717) is 36.1 Å². The minimum atomic E-state index is -0.171. The Morgan fingerprint density at radius 2 is 2.00 bits per heavy atom. The van der Waals surface area contributed by atoms with Gasteiger partial charge in [0.25, 0.3) is 5.56 Å². The van der Waals surface area contributed by atoms with Crippen molar-refractivity contribution in [2.45, 2.75) is 50.9 Å². The van der Waals surface area contributed by atoms with Gasteiger partial charge in [0.05, 0.1) is 11.4 Å². The maximum atomic E-state index is 12.7. The third-order valence-corrected chi connectivity index (χ3v) is 5.79. The van der Waals surface area contributed by atoms with E-state index in [0.717, 1.165) is 19.4 Å². The summed E-state index contributed by atoms with van der Waals surface area (Å²) in [5.74, 6) is 1.56. The molecule has 1 aliphatic carbocycles. The van der Waals surface area contributed by atoms with Gasteiger partial charge in [0.2, 0.25) is 5.91 Å². The van der Waals surface area contributed by atoms with Crippen LogP contribution in [0.15, 0.2) is 35.3 Å². The molecule has 27 heavy (non-hydrogen) atoms.